The van der Waals surface area contributed by atoms with E-state index in [1.54, 1.807) is 13.8 Å². The van der Waals surface area contributed by atoms with Gasteiger partial charge in [-0.1, -0.05) is 25.0 Å². The quantitative estimate of drug-likeness (QED) is 0.504. The normalized spacial score (nSPS) is 15.4. The van der Waals surface area contributed by atoms with Crippen LogP contribution in [0.25, 0.3) is 0 Å². The molecule has 0 saturated carbocycles. The van der Waals surface area contributed by atoms with Gasteiger partial charge in [-0.3, -0.25) is 9.59 Å². The summed E-state index contributed by atoms with van der Waals surface area (Å²) in [7, 11) is 0. The fourth-order valence-electron chi connectivity index (χ4n) is 2.64. The molecule has 24 heavy (non-hydrogen) atoms. The van der Waals surface area contributed by atoms with Gasteiger partial charge in [0.05, 0.1) is 6.21 Å². The molecule has 1 fully saturated rings. The minimum Gasteiger partial charge on any atom is -0.372 e. The number of carbonyl (C=O) groups excluding carboxylic acids is 2. The Balaban J connectivity index is 1.86. The van der Waals surface area contributed by atoms with Crippen molar-refractivity contribution >= 4 is 23.7 Å². The first-order valence-electron chi connectivity index (χ1n) is 8.55. The summed E-state index contributed by atoms with van der Waals surface area (Å²) in [6.07, 6.45) is 6.64. The van der Waals surface area contributed by atoms with Gasteiger partial charge in [-0.2, -0.15) is 5.10 Å². The molecule has 1 heterocycles. The maximum absolute atomic E-state index is 11.5. The third kappa shape index (κ3) is 5.68. The molecule has 2 N–H and O–H groups in total. The molecule has 0 aliphatic carbocycles. The largest absolute Gasteiger partial charge is 0.372 e. The average molecular weight is 330 g/mol. The zero-order valence-corrected chi connectivity index (χ0v) is 14.4. The van der Waals surface area contributed by atoms with Gasteiger partial charge < -0.3 is 10.2 Å². The molecule has 1 aromatic rings. The molecule has 1 aliphatic heterocycles. The molecule has 0 spiro atoms. The molecule has 6 heteroatoms. The number of nitrogens with zero attached hydrogens (tertiary/aromatic N) is 2. The summed E-state index contributed by atoms with van der Waals surface area (Å²) >= 11 is 0. The van der Waals surface area contributed by atoms with Crippen molar-refractivity contribution in [1.82, 2.24) is 10.7 Å². The third-order valence-corrected chi connectivity index (χ3v) is 3.87. The van der Waals surface area contributed by atoms with Crippen molar-refractivity contribution in [1.29, 1.82) is 0 Å². The maximum atomic E-state index is 11.5. The molecule has 0 aromatic heterocycles. The topological polar surface area (TPSA) is 73.8 Å². The second kappa shape index (κ2) is 9.05. The number of nitrogens with one attached hydrogen (secondary N) is 2. The van der Waals surface area contributed by atoms with E-state index in [0.29, 0.717) is 0 Å². The van der Waals surface area contributed by atoms with E-state index >= 15 is 0 Å². The molecule has 1 aliphatic rings. The highest BCUT2D eigenvalue weighted by Gasteiger charge is 2.13. The number of hydrogen-bond acceptors (Lipinski definition) is 4. The van der Waals surface area contributed by atoms with Gasteiger partial charge >= 0.3 is 11.8 Å². The number of amides is 2. The zero-order chi connectivity index (χ0) is 17.4. The van der Waals surface area contributed by atoms with Crippen molar-refractivity contribution in [2.75, 3.05) is 18.0 Å². The first kappa shape index (κ1) is 18.0. The van der Waals surface area contributed by atoms with Gasteiger partial charge in [0.2, 0.25) is 0 Å². The first-order valence-corrected chi connectivity index (χ1v) is 8.55. The first-order chi connectivity index (χ1) is 11.6. The zero-order valence-electron chi connectivity index (χ0n) is 14.4. The average Bonchev–Trinajstić information content (AvgIpc) is 2.84. The highest BCUT2D eigenvalue weighted by atomic mass is 16.2. The van der Waals surface area contributed by atoms with Gasteiger partial charge in [-0.05, 0) is 44.4 Å². The van der Waals surface area contributed by atoms with Crippen molar-refractivity contribution < 1.29 is 9.59 Å². The highest BCUT2D eigenvalue weighted by Crippen LogP contribution is 2.19. The van der Waals surface area contributed by atoms with E-state index in [0.717, 1.165) is 18.7 Å². The number of hydrogen-bond donors (Lipinski definition) is 2. The number of rotatable bonds is 4. The molecule has 0 radical (unpaired) electrons. The number of anilines is 1. The van der Waals surface area contributed by atoms with Crippen molar-refractivity contribution in [3.05, 3.63) is 29.8 Å². The number of hydrazone groups is 1. The lowest BCUT2D eigenvalue weighted by Gasteiger charge is -2.22. The van der Waals surface area contributed by atoms with Gasteiger partial charge in [0.15, 0.2) is 0 Å². The van der Waals surface area contributed by atoms with Crippen LogP contribution in [-0.2, 0) is 9.59 Å². The molecule has 130 valence electrons. The van der Waals surface area contributed by atoms with Crippen LogP contribution in [0.3, 0.4) is 0 Å². The summed E-state index contributed by atoms with van der Waals surface area (Å²) in [5.41, 5.74) is 4.32. The van der Waals surface area contributed by atoms with Gasteiger partial charge in [-0.15, -0.1) is 0 Å². The molecule has 0 bridgehead atoms. The van der Waals surface area contributed by atoms with Crippen molar-refractivity contribution in [3.8, 4) is 0 Å². The Bertz CT molecular complexity index is 573. The van der Waals surface area contributed by atoms with Gasteiger partial charge in [0.1, 0.15) is 0 Å². The Hall–Kier alpha value is -2.37. The third-order valence-electron chi connectivity index (χ3n) is 3.87. The van der Waals surface area contributed by atoms with E-state index in [1.807, 2.05) is 12.1 Å². The van der Waals surface area contributed by atoms with Crippen LogP contribution >= 0.6 is 0 Å². The molecule has 6 nitrogen and oxygen atoms in total. The Labute approximate surface area is 143 Å². The Morgan fingerprint density at radius 3 is 2.25 bits per heavy atom. The van der Waals surface area contributed by atoms with Gasteiger partial charge in [0.25, 0.3) is 0 Å². The van der Waals surface area contributed by atoms with Crippen LogP contribution in [-0.4, -0.2) is 37.2 Å². The molecular formula is C18H26N4O2. The van der Waals surface area contributed by atoms with Gasteiger partial charge in [-0.25, -0.2) is 5.43 Å². The maximum Gasteiger partial charge on any atom is 0.329 e. The summed E-state index contributed by atoms with van der Waals surface area (Å²) in [5.74, 6) is -1.44. The monoisotopic (exact) mass is 330 g/mol. The molecule has 1 aromatic carbocycles. The SMILES string of the molecule is CC(C)NC(=O)C(=O)N/N=C\c1ccc(N2CCCCCC2)cc1. The van der Waals surface area contributed by atoms with Crippen LogP contribution in [0.4, 0.5) is 5.69 Å². The van der Waals surface area contributed by atoms with Crippen molar-refractivity contribution in [2.45, 2.75) is 45.6 Å². The van der Waals surface area contributed by atoms with E-state index in [1.165, 1.54) is 37.6 Å². The summed E-state index contributed by atoms with van der Waals surface area (Å²) in [6, 6.07) is 7.98. The second-order valence-electron chi connectivity index (χ2n) is 6.32. The minimum absolute atomic E-state index is 0.0845. The van der Waals surface area contributed by atoms with Crippen LogP contribution in [0.5, 0.6) is 0 Å². The Kier molecular flexibility index (Phi) is 6.78. The lowest BCUT2D eigenvalue weighted by molar-refractivity contribution is -0.139. The standard InChI is InChI=1S/C18H26N4O2/c1-14(2)20-17(23)18(24)21-19-13-15-7-9-16(10-8-15)22-11-5-3-4-6-12-22/h7-10,13-14H,3-6,11-12H2,1-2H3,(H,20,23)(H,21,24)/b19-13-. The smallest absolute Gasteiger partial charge is 0.329 e. The van der Waals surface area contributed by atoms with Gasteiger partial charge in [0, 0.05) is 24.8 Å². The van der Waals surface area contributed by atoms with Crippen molar-refractivity contribution in [3.63, 3.8) is 0 Å². The van der Waals surface area contributed by atoms with E-state index in [2.05, 4.69) is 32.9 Å². The van der Waals surface area contributed by atoms with Crippen LogP contribution < -0.4 is 15.6 Å². The molecule has 2 rings (SSSR count). The summed E-state index contributed by atoms with van der Waals surface area (Å²) in [5, 5.41) is 6.34. The summed E-state index contributed by atoms with van der Waals surface area (Å²) in [6.45, 7) is 5.80. The molecular weight excluding hydrogens is 304 g/mol. The van der Waals surface area contributed by atoms with Crippen LogP contribution in [0.2, 0.25) is 0 Å². The van der Waals surface area contributed by atoms with Crippen LogP contribution in [0.15, 0.2) is 29.4 Å². The molecule has 2 amide bonds. The van der Waals surface area contributed by atoms with E-state index in [-0.39, 0.29) is 6.04 Å². The van der Waals surface area contributed by atoms with E-state index in [4.69, 9.17) is 0 Å². The fourth-order valence-corrected chi connectivity index (χ4v) is 2.64. The van der Waals surface area contributed by atoms with Crippen molar-refractivity contribution in [2.24, 2.45) is 5.10 Å². The molecule has 0 unspecified atom stereocenters. The predicted octanol–water partition coefficient (Wildman–Crippen LogP) is 2.04. The van der Waals surface area contributed by atoms with E-state index in [9.17, 15) is 9.59 Å². The van der Waals surface area contributed by atoms with E-state index < -0.39 is 11.8 Å². The second-order valence-corrected chi connectivity index (χ2v) is 6.32. The minimum atomic E-state index is -0.763. The Morgan fingerprint density at radius 1 is 1.04 bits per heavy atom. The summed E-state index contributed by atoms with van der Waals surface area (Å²) < 4.78 is 0. The lowest BCUT2D eigenvalue weighted by Crippen LogP contribution is -2.41. The fraction of sp³-hybridized carbons (Fsp3) is 0.500. The number of benzene rings is 1. The predicted molar refractivity (Wildman–Crippen MR) is 96.1 cm³/mol. The number of carbonyl (C=O) groups is 2. The lowest BCUT2D eigenvalue weighted by atomic mass is 10.2. The molecule has 1 saturated heterocycles. The highest BCUT2D eigenvalue weighted by molar-refractivity contribution is 6.35. The molecule has 0 atom stereocenters. The summed E-state index contributed by atoms with van der Waals surface area (Å²) in [4.78, 5) is 25.4. The Morgan fingerprint density at radius 2 is 1.67 bits per heavy atom. The van der Waals surface area contributed by atoms with Crippen LogP contribution in [0, 0.1) is 0 Å². The van der Waals surface area contributed by atoms with Crippen LogP contribution in [0.1, 0.15) is 45.1 Å².